The van der Waals surface area contributed by atoms with E-state index in [2.05, 4.69) is 19.2 Å². The molecule has 1 aliphatic rings. The zero-order valence-corrected chi connectivity index (χ0v) is 12.6. The molecule has 0 aromatic heterocycles. The lowest BCUT2D eigenvalue weighted by atomic mass is 9.85. The lowest BCUT2D eigenvalue weighted by molar-refractivity contribution is 0.313. The first-order valence-electron chi connectivity index (χ1n) is 7.36. The first-order chi connectivity index (χ1) is 8.87. The Morgan fingerprint density at radius 2 is 1.79 bits per heavy atom. The minimum Gasteiger partial charge on any atom is -0.313 e. The SMILES string of the molecule is Cc1cc(CCC(C)(C)CNC2CC2)cc(C)c1F. The Morgan fingerprint density at radius 3 is 2.32 bits per heavy atom. The van der Waals surface area contributed by atoms with Gasteiger partial charge in [0.1, 0.15) is 5.82 Å². The molecule has 0 atom stereocenters. The maximum absolute atomic E-state index is 13.6. The van der Waals surface area contributed by atoms with Crippen molar-refractivity contribution in [2.75, 3.05) is 6.54 Å². The minimum atomic E-state index is -0.0570. The topological polar surface area (TPSA) is 12.0 Å². The van der Waals surface area contributed by atoms with E-state index < -0.39 is 0 Å². The molecule has 1 N–H and O–H groups in total. The van der Waals surface area contributed by atoms with Crippen LogP contribution in [0.1, 0.15) is 49.8 Å². The van der Waals surface area contributed by atoms with E-state index in [4.69, 9.17) is 0 Å². The Bertz CT molecular complexity index is 424. The van der Waals surface area contributed by atoms with Crippen LogP contribution in [0.15, 0.2) is 12.1 Å². The number of hydrogen-bond acceptors (Lipinski definition) is 1. The molecular weight excluding hydrogens is 237 g/mol. The summed E-state index contributed by atoms with van der Waals surface area (Å²) in [5.41, 5.74) is 3.10. The van der Waals surface area contributed by atoms with Crippen molar-refractivity contribution in [2.45, 2.75) is 59.4 Å². The summed E-state index contributed by atoms with van der Waals surface area (Å²) >= 11 is 0. The zero-order valence-electron chi connectivity index (χ0n) is 12.6. The number of rotatable bonds is 6. The van der Waals surface area contributed by atoms with Crippen LogP contribution in [0.2, 0.25) is 0 Å². The Kier molecular flexibility index (Phi) is 4.29. The van der Waals surface area contributed by atoms with Crippen molar-refractivity contribution in [3.8, 4) is 0 Å². The van der Waals surface area contributed by atoms with Crippen molar-refractivity contribution in [3.63, 3.8) is 0 Å². The van der Waals surface area contributed by atoms with Gasteiger partial charge < -0.3 is 5.32 Å². The fraction of sp³-hybridized carbons (Fsp3) is 0.647. The molecule has 106 valence electrons. The van der Waals surface area contributed by atoms with Gasteiger partial charge in [0.25, 0.3) is 0 Å². The zero-order chi connectivity index (χ0) is 14.0. The first-order valence-corrected chi connectivity index (χ1v) is 7.36. The van der Waals surface area contributed by atoms with Gasteiger partial charge in [0.2, 0.25) is 0 Å². The molecule has 0 bridgehead atoms. The molecule has 1 aliphatic carbocycles. The second-order valence-corrected chi connectivity index (χ2v) is 6.86. The van der Waals surface area contributed by atoms with Crippen LogP contribution in [0.25, 0.3) is 0 Å². The number of hydrogen-bond donors (Lipinski definition) is 1. The molecule has 1 nitrogen and oxygen atoms in total. The maximum Gasteiger partial charge on any atom is 0.129 e. The Morgan fingerprint density at radius 1 is 1.21 bits per heavy atom. The fourth-order valence-corrected chi connectivity index (χ4v) is 2.46. The van der Waals surface area contributed by atoms with Crippen LogP contribution in [-0.2, 0) is 6.42 Å². The van der Waals surface area contributed by atoms with Crippen molar-refractivity contribution >= 4 is 0 Å². The van der Waals surface area contributed by atoms with Gasteiger partial charge in [0.15, 0.2) is 0 Å². The predicted molar refractivity (Wildman–Crippen MR) is 79.0 cm³/mol. The Hall–Kier alpha value is -0.890. The second-order valence-electron chi connectivity index (χ2n) is 6.86. The smallest absolute Gasteiger partial charge is 0.129 e. The van der Waals surface area contributed by atoms with E-state index >= 15 is 0 Å². The number of aryl methyl sites for hydroxylation is 3. The maximum atomic E-state index is 13.6. The van der Waals surface area contributed by atoms with E-state index in [1.807, 2.05) is 26.0 Å². The minimum absolute atomic E-state index is 0.0570. The first kappa shape index (κ1) is 14.5. The summed E-state index contributed by atoms with van der Waals surface area (Å²) < 4.78 is 13.6. The summed E-state index contributed by atoms with van der Waals surface area (Å²) in [4.78, 5) is 0. The third kappa shape index (κ3) is 4.31. The lowest BCUT2D eigenvalue weighted by Crippen LogP contribution is -2.31. The van der Waals surface area contributed by atoms with Gasteiger partial charge in [-0.15, -0.1) is 0 Å². The molecule has 19 heavy (non-hydrogen) atoms. The average molecular weight is 263 g/mol. The summed E-state index contributed by atoms with van der Waals surface area (Å²) in [6.45, 7) is 9.41. The monoisotopic (exact) mass is 263 g/mol. The van der Waals surface area contributed by atoms with Crippen LogP contribution in [0.4, 0.5) is 4.39 Å². The molecule has 1 aromatic carbocycles. The lowest BCUT2D eigenvalue weighted by Gasteiger charge is -2.25. The third-order valence-corrected chi connectivity index (χ3v) is 4.03. The molecule has 2 rings (SSSR count). The van der Waals surface area contributed by atoms with Crippen molar-refractivity contribution in [1.82, 2.24) is 5.32 Å². The number of nitrogens with one attached hydrogen (secondary N) is 1. The summed E-state index contributed by atoms with van der Waals surface area (Å²) in [6.07, 6.45) is 4.84. The molecule has 0 amide bonds. The molecule has 0 saturated heterocycles. The van der Waals surface area contributed by atoms with Gasteiger partial charge in [-0.05, 0) is 61.6 Å². The Balaban J connectivity index is 1.89. The molecule has 0 unspecified atom stereocenters. The molecular formula is C17H26FN. The fourth-order valence-electron chi connectivity index (χ4n) is 2.46. The average Bonchev–Trinajstić information content (AvgIpc) is 3.15. The molecule has 0 spiro atoms. The van der Waals surface area contributed by atoms with E-state index in [1.165, 1.54) is 18.4 Å². The van der Waals surface area contributed by atoms with Crippen molar-refractivity contribution in [2.24, 2.45) is 5.41 Å². The van der Waals surface area contributed by atoms with Crippen LogP contribution >= 0.6 is 0 Å². The van der Waals surface area contributed by atoms with Crippen LogP contribution in [0.3, 0.4) is 0 Å². The van der Waals surface area contributed by atoms with Crippen molar-refractivity contribution in [1.29, 1.82) is 0 Å². The van der Waals surface area contributed by atoms with Crippen LogP contribution in [0, 0.1) is 25.1 Å². The highest BCUT2D eigenvalue weighted by Crippen LogP contribution is 2.26. The largest absolute Gasteiger partial charge is 0.313 e. The van der Waals surface area contributed by atoms with Gasteiger partial charge in [-0.3, -0.25) is 0 Å². The van der Waals surface area contributed by atoms with Gasteiger partial charge in [-0.25, -0.2) is 4.39 Å². The molecule has 0 heterocycles. The highest BCUT2D eigenvalue weighted by atomic mass is 19.1. The molecule has 2 heteroatoms. The van der Waals surface area contributed by atoms with Crippen LogP contribution < -0.4 is 5.32 Å². The van der Waals surface area contributed by atoms with E-state index in [9.17, 15) is 4.39 Å². The van der Waals surface area contributed by atoms with Crippen LogP contribution in [-0.4, -0.2) is 12.6 Å². The van der Waals surface area contributed by atoms with Gasteiger partial charge in [-0.1, -0.05) is 26.0 Å². The standard InChI is InChI=1S/C17H26FN/c1-12-9-14(10-13(2)16(12)18)7-8-17(3,4)11-19-15-5-6-15/h9-10,15,19H,5-8,11H2,1-4H3. The second kappa shape index (κ2) is 5.62. The van der Waals surface area contributed by atoms with Gasteiger partial charge >= 0.3 is 0 Å². The summed E-state index contributed by atoms with van der Waals surface area (Å²) in [7, 11) is 0. The molecule has 0 aliphatic heterocycles. The Labute approximate surface area is 116 Å². The molecule has 1 fully saturated rings. The van der Waals surface area contributed by atoms with E-state index in [0.717, 1.165) is 36.6 Å². The highest BCUT2D eigenvalue weighted by molar-refractivity contribution is 5.30. The van der Waals surface area contributed by atoms with Gasteiger partial charge in [-0.2, -0.15) is 0 Å². The van der Waals surface area contributed by atoms with Crippen molar-refractivity contribution < 1.29 is 4.39 Å². The van der Waals surface area contributed by atoms with E-state index in [-0.39, 0.29) is 5.82 Å². The quantitative estimate of drug-likeness (QED) is 0.813. The van der Waals surface area contributed by atoms with Gasteiger partial charge in [0, 0.05) is 12.6 Å². The summed E-state index contributed by atoms with van der Waals surface area (Å²) in [5, 5.41) is 3.61. The summed E-state index contributed by atoms with van der Waals surface area (Å²) in [6, 6.07) is 4.76. The highest BCUT2D eigenvalue weighted by Gasteiger charge is 2.25. The molecule has 1 saturated carbocycles. The molecule has 1 aromatic rings. The molecule has 0 radical (unpaired) electrons. The third-order valence-electron chi connectivity index (χ3n) is 4.03. The van der Waals surface area contributed by atoms with E-state index in [0.29, 0.717) is 5.41 Å². The van der Waals surface area contributed by atoms with Crippen LogP contribution in [0.5, 0.6) is 0 Å². The van der Waals surface area contributed by atoms with E-state index in [1.54, 1.807) is 0 Å². The summed E-state index contributed by atoms with van der Waals surface area (Å²) in [5.74, 6) is -0.0570. The number of benzene rings is 1. The normalized spacial score (nSPS) is 15.8. The van der Waals surface area contributed by atoms with Gasteiger partial charge in [0.05, 0.1) is 0 Å². The number of halogens is 1. The van der Waals surface area contributed by atoms with Crippen molar-refractivity contribution in [3.05, 3.63) is 34.6 Å². The predicted octanol–water partition coefficient (Wildman–Crippen LogP) is 4.15.